The number of fused-ring (bicyclic) bond motifs is 2. The number of aryl methyl sites for hydroxylation is 2. The van der Waals surface area contributed by atoms with E-state index in [4.69, 9.17) is 9.94 Å². The molecule has 142 valence electrons. The first-order valence-electron chi connectivity index (χ1n) is 9.39. The van der Waals surface area contributed by atoms with Crippen LogP contribution in [0.5, 0.6) is 0 Å². The lowest BCUT2D eigenvalue weighted by Gasteiger charge is -2.16. The van der Waals surface area contributed by atoms with Crippen molar-refractivity contribution in [2.24, 2.45) is 5.16 Å². The Balaban J connectivity index is 1.73. The zero-order valence-corrected chi connectivity index (χ0v) is 16.4. The van der Waals surface area contributed by atoms with E-state index in [1.165, 1.54) is 41.3 Å². The highest BCUT2D eigenvalue weighted by Gasteiger charge is 2.26. The summed E-state index contributed by atoms with van der Waals surface area (Å²) in [6.45, 7) is 3.61. The van der Waals surface area contributed by atoms with Gasteiger partial charge in [-0.3, -0.25) is 0 Å². The molecule has 0 bridgehead atoms. The zero-order chi connectivity index (χ0) is 19.0. The van der Waals surface area contributed by atoms with Gasteiger partial charge < -0.3 is 15.3 Å². The van der Waals surface area contributed by atoms with E-state index in [9.17, 15) is 4.79 Å². The van der Waals surface area contributed by atoms with Crippen molar-refractivity contribution in [2.45, 2.75) is 58.5 Å². The van der Waals surface area contributed by atoms with Crippen molar-refractivity contribution in [3.63, 3.8) is 0 Å². The molecule has 1 aromatic heterocycles. The van der Waals surface area contributed by atoms with Crippen molar-refractivity contribution in [2.75, 3.05) is 5.32 Å². The average Bonchev–Trinajstić information content (AvgIpc) is 3.34. The number of thiazole rings is 1. The molecule has 0 spiro atoms. The average molecular weight is 385 g/mol. The van der Waals surface area contributed by atoms with Crippen molar-refractivity contribution in [3.8, 4) is 0 Å². The number of aromatic nitrogens is 1. The van der Waals surface area contributed by atoms with Crippen LogP contribution in [-0.2, 0) is 30.4 Å². The summed E-state index contributed by atoms with van der Waals surface area (Å²) < 4.78 is 5.26. The molecule has 0 saturated carbocycles. The first kappa shape index (κ1) is 18.0. The van der Waals surface area contributed by atoms with E-state index in [1.54, 1.807) is 13.8 Å². The molecule has 7 heteroatoms. The Bertz CT molecular complexity index is 885. The number of ether oxygens (including phenoxy) is 1. The molecule has 0 aliphatic heterocycles. The fourth-order valence-electron chi connectivity index (χ4n) is 4.00. The van der Waals surface area contributed by atoms with Crippen LogP contribution in [0.3, 0.4) is 0 Å². The number of rotatable bonds is 5. The summed E-state index contributed by atoms with van der Waals surface area (Å²) in [4.78, 5) is 17.3. The standard InChI is InChI=1S/C20H23N3O3S/c1-11(2)26-20(24)19-23-18(16(27-19)10-21-25)22-17-14-7-3-5-12(14)9-13-6-4-8-15(13)17/h9-11,22,25H,3-8H2,1-2H3. The molecule has 0 amide bonds. The van der Waals surface area contributed by atoms with Gasteiger partial charge >= 0.3 is 5.97 Å². The van der Waals surface area contributed by atoms with Gasteiger partial charge in [0.25, 0.3) is 0 Å². The molecular weight excluding hydrogens is 362 g/mol. The first-order valence-corrected chi connectivity index (χ1v) is 10.2. The van der Waals surface area contributed by atoms with Crippen LogP contribution >= 0.6 is 11.3 Å². The highest BCUT2D eigenvalue weighted by Crippen LogP contribution is 2.40. The van der Waals surface area contributed by atoms with Gasteiger partial charge in [-0.05, 0) is 74.6 Å². The minimum absolute atomic E-state index is 0.214. The van der Waals surface area contributed by atoms with Crippen molar-refractivity contribution in [3.05, 3.63) is 38.2 Å². The molecule has 27 heavy (non-hydrogen) atoms. The lowest BCUT2D eigenvalue weighted by molar-refractivity contribution is 0.0377. The third-order valence-electron chi connectivity index (χ3n) is 5.06. The van der Waals surface area contributed by atoms with Gasteiger partial charge in [0.15, 0.2) is 5.82 Å². The van der Waals surface area contributed by atoms with E-state index >= 15 is 0 Å². The minimum Gasteiger partial charge on any atom is -0.458 e. The van der Waals surface area contributed by atoms with E-state index in [1.807, 2.05) is 0 Å². The van der Waals surface area contributed by atoms with Crippen LogP contribution in [0, 0.1) is 0 Å². The van der Waals surface area contributed by atoms with Crippen LogP contribution in [0.15, 0.2) is 11.2 Å². The molecule has 1 heterocycles. The fraction of sp³-hybridized carbons (Fsp3) is 0.450. The number of carbonyl (C=O) groups excluding carboxylic acids is 1. The number of anilines is 2. The van der Waals surface area contributed by atoms with Gasteiger partial charge in [-0.2, -0.15) is 0 Å². The molecular formula is C20H23N3O3S. The van der Waals surface area contributed by atoms with Gasteiger partial charge in [0.05, 0.1) is 17.2 Å². The van der Waals surface area contributed by atoms with Gasteiger partial charge in [-0.15, -0.1) is 11.3 Å². The van der Waals surface area contributed by atoms with E-state index in [2.05, 4.69) is 21.5 Å². The summed E-state index contributed by atoms with van der Waals surface area (Å²) in [7, 11) is 0. The Morgan fingerprint density at radius 3 is 2.52 bits per heavy atom. The number of nitrogens with one attached hydrogen (secondary N) is 1. The Morgan fingerprint density at radius 2 is 1.93 bits per heavy atom. The second-order valence-corrected chi connectivity index (χ2v) is 8.32. The maximum atomic E-state index is 12.2. The summed E-state index contributed by atoms with van der Waals surface area (Å²) >= 11 is 1.16. The molecule has 6 nitrogen and oxygen atoms in total. The van der Waals surface area contributed by atoms with Crippen molar-refractivity contribution >= 4 is 35.0 Å². The van der Waals surface area contributed by atoms with Crippen molar-refractivity contribution in [1.29, 1.82) is 0 Å². The molecule has 0 fully saturated rings. The SMILES string of the molecule is CC(C)OC(=O)c1nc(Nc2c3c(cc4c2CCC4)CCC3)c(C=NO)s1. The third-order valence-corrected chi connectivity index (χ3v) is 6.03. The zero-order valence-electron chi connectivity index (χ0n) is 15.5. The summed E-state index contributed by atoms with van der Waals surface area (Å²) in [5.74, 6) is 0.0852. The predicted octanol–water partition coefficient (Wildman–Crippen LogP) is 4.24. The van der Waals surface area contributed by atoms with Gasteiger partial charge in [0.1, 0.15) is 0 Å². The van der Waals surface area contributed by atoms with Crippen LogP contribution in [-0.4, -0.2) is 28.5 Å². The second-order valence-electron chi connectivity index (χ2n) is 7.29. The molecule has 4 rings (SSSR count). The molecule has 0 unspecified atom stereocenters. The van der Waals surface area contributed by atoms with Crippen molar-refractivity contribution in [1.82, 2.24) is 4.98 Å². The lowest BCUT2D eigenvalue weighted by Crippen LogP contribution is -2.11. The van der Waals surface area contributed by atoms with Gasteiger partial charge in [0.2, 0.25) is 5.01 Å². The summed E-state index contributed by atoms with van der Waals surface area (Å²) in [5, 5.41) is 15.9. The molecule has 0 saturated heterocycles. The Morgan fingerprint density at radius 1 is 1.26 bits per heavy atom. The first-order chi connectivity index (χ1) is 13.1. The summed E-state index contributed by atoms with van der Waals surface area (Å²) in [6.07, 6.45) is 7.78. The monoisotopic (exact) mass is 385 g/mol. The second kappa shape index (κ2) is 7.31. The normalized spacial score (nSPS) is 15.4. The molecule has 2 N–H and O–H groups in total. The number of oxime groups is 1. The van der Waals surface area contributed by atoms with E-state index in [0.717, 1.165) is 42.7 Å². The largest absolute Gasteiger partial charge is 0.458 e. The number of esters is 1. The highest BCUT2D eigenvalue weighted by molar-refractivity contribution is 7.15. The minimum atomic E-state index is -0.459. The van der Waals surface area contributed by atoms with Crippen LogP contribution in [0.1, 0.15) is 63.6 Å². The van der Waals surface area contributed by atoms with Crippen LogP contribution in [0.4, 0.5) is 11.5 Å². The number of hydrogen-bond donors (Lipinski definition) is 2. The van der Waals surface area contributed by atoms with E-state index < -0.39 is 5.97 Å². The summed E-state index contributed by atoms with van der Waals surface area (Å²) in [5.41, 5.74) is 6.71. The molecule has 1 aromatic carbocycles. The van der Waals surface area contributed by atoms with Gasteiger partial charge in [-0.1, -0.05) is 11.2 Å². The molecule has 2 aromatic rings. The number of nitrogens with zero attached hydrogens (tertiary/aromatic N) is 2. The number of benzene rings is 1. The van der Waals surface area contributed by atoms with Crippen LogP contribution < -0.4 is 5.32 Å². The molecule has 2 aliphatic rings. The maximum absolute atomic E-state index is 12.2. The lowest BCUT2D eigenvalue weighted by atomic mass is 9.98. The number of hydrogen-bond acceptors (Lipinski definition) is 7. The van der Waals surface area contributed by atoms with Crippen LogP contribution in [0.2, 0.25) is 0 Å². The maximum Gasteiger partial charge on any atom is 0.367 e. The smallest absolute Gasteiger partial charge is 0.367 e. The highest BCUT2D eigenvalue weighted by atomic mass is 32.1. The molecule has 0 atom stereocenters. The fourth-order valence-corrected chi connectivity index (χ4v) is 4.77. The number of carbonyl (C=O) groups is 1. The van der Waals surface area contributed by atoms with Gasteiger partial charge in [-0.25, -0.2) is 9.78 Å². The Hall–Kier alpha value is -2.41. The van der Waals surface area contributed by atoms with Crippen LogP contribution in [0.25, 0.3) is 0 Å². The van der Waals surface area contributed by atoms with E-state index in [0.29, 0.717) is 10.7 Å². The Labute approximate surface area is 162 Å². The predicted molar refractivity (Wildman–Crippen MR) is 106 cm³/mol. The van der Waals surface area contributed by atoms with Gasteiger partial charge in [0, 0.05) is 5.69 Å². The Kier molecular flexibility index (Phi) is 4.86. The quantitative estimate of drug-likeness (QED) is 0.348. The topological polar surface area (TPSA) is 83.8 Å². The third kappa shape index (κ3) is 3.43. The molecule has 0 radical (unpaired) electrons. The molecule has 2 aliphatic carbocycles. The van der Waals surface area contributed by atoms with Crippen molar-refractivity contribution < 1.29 is 14.7 Å². The van der Waals surface area contributed by atoms with E-state index in [-0.39, 0.29) is 11.1 Å². The summed E-state index contributed by atoms with van der Waals surface area (Å²) in [6, 6.07) is 2.37.